The van der Waals surface area contributed by atoms with Gasteiger partial charge in [0.25, 0.3) is 0 Å². The number of nitrogens with zero attached hydrogens (tertiary/aromatic N) is 2. The minimum Gasteiger partial charge on any atom is -0.314 e. The molecule has 6 heavy (non-hydrogen) atoms. The predicted molar refractivity (Wildman–Crippen MR) is 23.9 cm³/mol. The van der Waals surface area contributed by atoms with Crippen molar-refractivity contribution < 1.29 is 0 Å². The number of rotatable bonds is 1. The van der Waals surface area contributed by atoms with Crippen LogP contribution in [0.4, 0.5) is 0 Å². The van der Waals surface area contributed by atoms with Crippen LogP contribution in [0.25, 0.3) is 0 Å². The van der Waals surface area contributed by atoms with E-state index in [2.05, 4.69) is 0 Å². The summed E-state index contributed by atoms with van der Waals surface area (Å²) in [4.78, 5) is 1.56. The largest absolute Gasteiger partial charge is 0.314 e. The summed E-state index contributed by atoms with van der Waals surface area (Å²) in [7, 11) is 1.75. The average Bonchev–Trinajstić information content (AvgIpc) is 1.65. The summed E-state index contributed by atoms with van der Waals surface area (Å²) >= 11 is 0. The highest BCUT2D eigenvalue weighted by Gasteiger charge is 1.78. The van der Waals surface area contributed by atoms with E-state index in [1.54, 1.807) is 11.9 Å². The van der Waals surface area contributed by atoms with Gasteiger partial charge >= 0.3 is 0 Å². The van der Waals surface area contributed by atoms with Crippen molar-refractivity contribution in [2.45, 2.75) is 6.92 Å². The monoisotopic (exact) mass is 84.1 g/mol. The summed E-state index contributed by atoms with van der Waals surface area (Å²) in [5.74, 6) is 0. The molecule has 2 nitrogen and oxygen atoms in total. The Morgan fingerprint density at radius 3 is 2.33 bits per heavy atom. The van der Waals surface area contributed by atoms with Crippen LogP contribution in [0, 0.1) is 11.5 Å². The van der Waals surface area contributed by atoms with Gasteiger partial charge in [-0.1, -0.05) is 0 Å². The molecule has 2 heteroatoms. The summed E-state index contributed by atoms with van der Waals surface area (Å²) in [6, 6.07) is 0. The van der Waals surface area contributed by atoms with Crippen LogP contribution in [0.3, 0.4) is 0 Å². The van der Waals surface area contributed by atoms with Gasteiger partial charge < -0.3 is 4.90 Å². The summed E-state index contributed by atoms with van der Waals surface area (Å²) in [5, 5.41) is 8.01. The molecule has 0 aromatic rings. The molecule has 0 unspecified atom stereocenters. The zero-order chi connectivity index (χ0) is 4.99. The summed E-state index contributed by atoms with van der Waals surface area (Å²) in [5.41, 5.74) is 0. The first-order chi connectivity index (χ1) is 2.81. The molecule has 0 aliphatic rings. The maximum Gasteiger partial charge on any atom is 0.179 e. The molecular formula is C4H8N2. The van der Waals surface area contributed by atoms with Gasteiger partial charge in [0.1, 0.15) is 0 Å². The lowest BCUT2D eigenvalue weighted by Gasteiger charge is -1.99. The molecule has 0 aliphatic heterocycles. The first kappa shape index (κ1) is 5.29. The molecule has 0 bridgehead atoms. The molecule has 0 rings (SSSR count). The highest BCUT2D eigenvalue weighted by molar-refractivity contribution is 4.64. The molecule has 0 aromatic carbocycles. The van der Waals surface area contributed by atoms with Crippen LogP contribution in [0.2, 0.25) is 0 Å². The molecule has 0 radical (unpaired) electrons. The van der Waals surface area contributed by atoms with Crippen molar-refractivity contribution in [3.8, 4) is 6.19 Å². The number of hydrogen-bond donors (Lipinski definition) is 0. The predicted octanol–water partition coefficient (Wildman–Crippen LogP) is 0.419. The van der Waals surface area contributed by atoms with Crippen molar-refractivity contribution in [2.75, 3.05) is 13.6 Å². The third-order valence-corrected chi connectivity index (χ3v) is 0.645. The zero-order valence-corrected chi connectivity index (χ0v) is 4.10. The van der Waals surface area contributed by atoms with E-state index in [-0.39, 0.29) is 0 Å². The van der Waals surface area contributed by atoms with Crippen molar-refractivity contribution in [3.05, 3.63) is 0 Å². The molecule has 0 saturated carbocycles. The Morgan fingerprint density at radius 1 is 1.83 bits per heavy atom. The summed E-state index contributed by atoms with van der Waals surface area (Å²) in [6.45, 7) is 2.74. The second kappa shape index (κ2) is 2.52. The maximum absolute atomic E-state index is 8.01. The first-order valence-corrected chi connectivity index (χ1v) is 1.92. The molecule has 34 valence electrons. The van der Waals surface area contributed by atoms with E-state index in [0.717, 1.165) is 6.54 Å². The lowest BCUT2D eigenvalue weighted by molar-refractivity contribution is 0.503. The van der Waals surface area contributed by atoms with Gasteiger partial charge in [-0.15, -0.1) is 0 Å². The first-order valence-electron chi connectivity index (χ1n) is 1.92. The molecule has 0 saturated heterocycles. The van der Waals surface area contributed by atoms with Gasteiger partial charge in [0.2, 0.25) is 0 Å². The van der Waals surface area contributed by atoms with E-state index < -0.39 is 0 Å². The summed E-state index contributed by atoms with van der Waals surface area (Å²) < 4.78 is 0. The Morgan fingerprint density at radius 2 is 2.33 bits per heavy atom. The average molecular weight is 84.1 g/mol. The number of hydrogen-bond acceptors (Lipinski definition) is 2. The Kier molecular flexibility index (Phi) is 2.22. The fourth-order valence-electron chi connectivity index (χ4n) is 0.0707. The van der Waals surface area contributed by atoms with E-state index in [0.29, 0.717) is 0 Å². The lowest BCUT2D eigenvalue weighted by Crippen LogP contribution is -2.08. The van der Waals surface area contributed by atoms with Gasteiger partial charge in [-0.2, -0.15) is 5.26 Å². The van der Waals surface area contributed by atoms with E-state index in [1.807, 2.05) is 13.1 Å². The van der Waals surface area contributed by atoms with Crippen molar-refractivity contribution in [3.63, 3.8) is 0 Å². The molecule has 0 fully saturated rings. The highest BCUT2D eigenvalue weighted by Crippen LogP contribution is 1.69. The third-order valence-electron chi connectivity index (χ3n) is 0.645. The van der Waals surface area contributed by atoms with Gasteiger partial charge in [-0.05, 0) is 6.92 Å². The second-order valence-corrected chi connectivity index (χ2v) is 1.11. The fraction of sp³-hybridized carbons (Fsp3) is 0.750. The Hall–Kier alpha value is -0.710. The van der Waals surface area contributed by atoms with Crippen molar-refractivity contribution in [2.24, 2.45) is 0 Å². The van der Waals surface area contributed by atoms with Gasteiger partial charge in [-0.25, -0.2) is 0 Å². The molecule has 0 N–H and O–H groups in total. The Labute approximate surface area is 38.0 Å². The highest BCUT2D eigenvalue weighted by atomic mass is 15.1. The molecule has 0 aromatic heterocycles. The minimum absolute atomic E-state index is 0.802. The molecule has 0 heterocycles. The maximum atomic E-state index is 8.01. The Bertz CT molecular complexity index is 62.4. The van der Waals surface area contributed by atoms with Crippen LogP contribution in [0.15, 0.2) is 0 Å². The van der Waals surface area contributed by atoms with Gasteiger partial charge in [0.15, 0.2) is 6.19 Å². The van der Waals surface area contributed by atoms with Crippen molar-refractivity contribution >= 4 is 0 Å². The molecular weight excluding hydrogens is 76.1 g/mol. The minimum atomic E-state index is 0.802. The Balaban J connectivity index is 3.04. The van der Waals surface area contributed by atoms with Crippen LogP contribution >= 0.6 is 0 Å². The van der Waals surface area contributed by atoms with Gasteiger partial charge in [-0.3, -0.25) is 0 Å². The normalized spacial score (nSPS) is 6.83. The lowest BCUT2D eigenvalue weighted by atomic mass is 10.7. The van der Waals surface area contributed by atoms with Crippen LogP contribution in [-0.4, -0.2) is 18.5 Å². The zero-order valence-electron chi connectivity index (χ0n) is 4.10. The van der Waals surface area contributed by atoms with Crippen LogP contribution in [-0.2, 0) is 0 Å². The fourth-order valence-corrected chi connectivity index (χ4v) is 0.0707. The van der Waals surface area contributed by atoms with Gasteiger partial charge in [0, 0.05) is 13.6 Å². The van der Waals surface area contributed by atoms with Crippen LogP contribution in [0.1, 0.15) is 6.92 Å². The molecule has 0 amide bonds. The van der Waals surface area contributed by atoms with Gasteiger partial charge in [0.05, 0.1) is 0 Å². The molecule has 0 atom stereocenters. The second-order valence-electron chi connectivity index (χ2n) is 1.11. The van der Waals surface area contributed by atoms with E-state index in [1.165, 1.54) is 0 Å². The van der Waals surface area contributed by atoms with Crippen LogP contribution < -0.4 is 0 Å². The van der Waals surface area contributed by atoms with Crippen LogP contribution in [0.5, 0.6) is 0 Å². The third kappa shape index (κ3) is 1.59. The van der Waals surface area contributed by atoms with Crippen molar-refractivity contribution in [1.82, 2.24) is 4.90 Å². The standard InChI is InChI=1S/C4H8N2/c1-3-6(2)4-5/h3H2,1-2H3. The SMILES string of the molecule is CCN(C)C#N. The van der Waals surface area contributed by atoms with Crippen molar-refractivity contribution in [1.29, 1.82) is 5.26 Å². The number of nitriles is 1. The topological polar surface area (TPSA) is 27.0 Å². The van der Waals surface area contributed by atoms with E-state index in [4.69, 9.17) is 5.26 Å². The molecule has 0 spiro atoms. The summed E-state index contributed by atoms with van der Waals surface area (Å²) in [6.07, 6.45) is 1.95. The smallest absolute Gasteiger partial charge is 0.179 e. The van der Waals surface area contributed by atoms with E-state index >= 15 is 0 Å². The quantitative estimate of drug-likeness (QED) is 0.340. The van der Waals surface area contributed by atoms with E-state index in [9.17, 15) is 0 Å². The molecule has 0 aliphatic carbocycles.